The van der Waals surface area contributed by atoms with Gasteiger partial charge in [0.1, 0.15) is 0 Å². The predicted octanol–water partition coefficient (Wildman–Crippen LogP) is 4.52. The zero-order chi connectivity index (χ0) is 18.1. The molecule has 1 amide bonds. The predicted molar refractivity (Wildman–Crippen MR) is 99.8 cm³/mol. The summed E-state index contributed by atoms with van der Waals surface area (Å²) in [5.74, 6) is -0.371. The quantitative estimate of drug-likeness (QED) is 0.568. The number of ether oxygens (including phenoxy) is 1. The number of amides is 1. The summed E-state index contributed by atoms with van der Waals surface area (Å²) in [5.41, 5.74) is 3.53. The van der Waals surface area contributed by atoms with Crippen molar-refractivity contribution in [1.82, 2.24) is 0 Å². The summed E-state index contributed by atoms with van der Waals surface area (Å²) in [5, 5.41) is 2.85. The summed E-state index contributed by atoms with van der Waals surface area (Å²) in [6.45, 7) is 4.52. The molecule has 4 nitrogen and oxygen atoms in total. The maximum Gasteiger partial charge on any atom is 0.338 e. The smallest absolute Gasteiger partial charge is 0.338 e. The highest BCUT2D eigenvalue weighted by molar-refractivity contribution is 5.93. The van der Waals surface area contributed by atoms with Gasteiger partial charge in [0.2, 0.25) is 5.91 Å². The lowest BCUT2D eigenvalue weighted by atomic mass is 10.1. The number of rotatable bonds is 8. The Kier molecular flexibility index (Phi) is 7.20. The van der Waals surface area contributed by atoms with Gasteiger partial charge in [-0.1, -0.05) is 43.2 Å². The number of hydrogen-bond acceptors (Lipinski definition) is 3. The molecular weight excluding hydrogens is 314 g/mol. The van der Waals surface area contributed by atoms with Crippen molar-refractivity contribution >= 4 is 17.6 Å². The van der Waals surface area contributed by atoms with Crippen LogP contribution in [0.3, 0.4) is 0 Å². The first-order valence-corrected chi connectivity index (χ1v) is 8.71. The summed E-state index contributed by atoms with van der Waals surface area (Å²) < 4.78 is 5.16. The van der Waals surface area contributed by atoms with Gasteiger partial charge in [0, 0.05) is 12.1 Å². The molecule has 0 unspecified atom stereocenters. The van der Waals surface area contributed by atoms with Crippen LogP contribution in [0.15, 0.2) is 48.5 Å². The van der Waals surface area contributed by atoms with Crippen molar-refractivity contribution in [2.45, 2.75) is 39.5 Å². The van der Waals surface area contributed by atoms with E-state index in [0.29, 0.717) is 30.7 Å². The van der Waals surface area contributed by atoms with Crippen LogP contribution in [-0.4, -0.2) is 18.5 Å². The molecule has 0 saturated heterocycles. The Balaban J connectivity index is 1.80. The third-order valence-electron chi connectivity index (χ3n) is 3.90. The lowest BCUT2D eigenvalue weighted by Crippen LogP contribution is -2.12. The highest BCUT2D eigenvalue weighted by Gasteiger charge is 2.08. The number of carbonyl (C=O) groups excluding carboxylic acids is 2. The van der Waals surface area contributed by atoms with E-state index in [1.54, 1.807) is 24.3 Å². The van der Waals surface area contributed by atoms with Crippen molar-refractivity contribution in [3.05, 3.63) is 65.2 Å². The molecule has 0 atom stereocenters. The summed E-state index contributed by atoms with van der Waals surface area (Å²) >= 11 is 0. The maximum atomic E-state index is 12.0. The van der Waals surface area contributed by atoms with E-state index in [4.69, 9.17) is 4.74 Å². The van der Waals surface area contributed by atoms with Gasteiger partial charge < -0.3 is 10.1 Å². The van der Waals surface area contributed by atoms with Gasteiger partial charge in [-0.2, -0.15) is 0 Å². The standard InChI is InChI=1S/C21H25NO3/c1-3-4-15-25-21(24)18-10-12-19(13-11-18)22-20(23)14-9-17-7-5-16(2)6-8-17/h5-8,10-13H,3-4,9,14-15H2,1-2H3,(H,22,23). The number of aryl methyl sites for hydroxylation is 2. The Morgan fingerprint density at radius 3 is 2.32 bits per heavy atom. The molecule has 0 aliphatic carbocycles. The molecule has 2 aromatic rings. The Hall–Kier alpha value is -2.62. The first-order valence-electron chi connectivity index (χ1n) is 8.71. The highest BCUT2D eigenvalue weighted by atomic mass is 16.5. The van der Waals surface area contributed by atoms with Crippen molar-refractivity contribution in [1.29, 1.82) is 0 Å². The molecule has 0 saturated carbocycles. The van der Waals surface area contributed by atoms with E-state index in [-0.39, 0.29) is 11.9 Å². The average molecular weight is 339 g/mol. The van der Waals surface area contributed by atoms with Gasteiger partial charge in [-0.25, -0.2) is 4.79 Å². The monoisotopic (exact) mass is 339 g/mol. The van der Waals surface area contributed by atoms with E-state index in [2.05, 4.69) is 5.32 Å². The van der Waals surface area contributed by atoms with Crippen LogP contribution in [0.1, 0.15) is 47.7 Å². The number of nitrogens with one attached hydrogen (secondary N) is 1. The Bertz CT molecular complexity index is 690. The fourth-order valence-corrected chi connectivity index (χ4v) is 2.32. The Morgan fingerprint density at radius 2 is 1.68 bits per heavy atom. The van der Waals surface area contributed by atoms with Gasteiger partial charge in [0.05, 0.1) is 12.2 Å². The molecule has 2 rings (SSSR count). The van der Waals surface area contributed by atoms with Crippen molar-refractivity contribution in [2.75, 3.05) is 11.9 Å². The molecule has 2 aromatic carbocycles. The number of carbonyl (C=O) groups is 2. The third-order valence-corrected chi connectivity index (χ3v) is 3.90. The molecule has 0 bridgehead atoms. The first kappa shape index (κ1) is 18.7. The minimum absolute atomic E-state index is 0.0427. The van der Waals surface area contributed by atoms with E-state index >= 15 is 0 Å². The number of unbranched alkanes of at least 4 members (excludes halogenated alkanes) is 1. The summed E-state index contributed by atoms with van der Waals surface area (Å²) in [7, 11) is 0. The van der Waals surface area contributed by atoms with Crippen LogP contribution in [0.5, 0.6) is 0 Å². The first-order chi connectivity index (χ1) is 12.1. The van der Waals surface area contributed by atoms with Crippen LogP contribution in [-0.2, 0) is 16.0 Å². The van der Waals surface area contributed by atoms with Crippen LogP contribution < -0.4 is 5.32 Å². The second-order valence-electron chi connectivity index (χ2n) is 6.10. The third kappa shape index (κ3) is 6.42. The molecule has 0 heterocycles. The molecule has 0 radical (unpaired) electrons. The molecular formula is C21H25NO3. The lowest BCUT2D eigenvalue weighted by molar-refractivity contribution is -0.116. The average Bonchev–Trinajstić information content (AvgIpc) is 2.62. The summed E-state index contributed by atoms with van der Waals surface area (Å²) in [4.78, 5) is 23.9. The van der Waals surface area contributed by atoms with E-state index in [1.165, 1.54) is 5.56 Å². The van der Waals surface area contributed by atoms with Crippen molar-refractivity contribution in [2.24, 2.45) is 0 Å². The van der Waals surface area contributed by atoms with Crippen LogP contribution in [0.25, 0.3) is 0 Å². The SMILES string of the molecule is CCCCOC(=O)c1ccc(NC(=O)CCc2ccc(C)cc2)cc1. The highest BCUT2D eigenvalue weighted by Crippen LogP contribution is 2.12. The van der Waals surface area contributed by atoms with Gasteiger partial charge in [0.15, 0.2) is 0 Å². The van der Waals surface area contributed by atoms with Crippen LogP contribution >= 0.6 is 0 Å². The largest absolute Gasteiger partial charge is 0.462 e. The molecule has 4 heteroatoms. The topological polar surface area (TPSA) is 55.4 Å². The fourth-order valence-electron chi connectivity index (χ4n) is 2.32. The van der Waals surface area contributed by atoms with Crippen molar-refractivity contribution in [3.63, 3.8) is 0 Å². The van der Waals surface area contributed by atoms with Crippen LogP contribution in [0.2, 0.25) is 0 Å². The van der Waals surface area contributed by atoms with Crippen LogP contribution in [0, 0.1) is 6.92 Å². The van der Waals surface area contributed by atoms with Gasteiger partial charge in [-0.05, 0) is 49.6 Å². The van der Waals surface area contributed by atoms with Crippen molar-refractivity contribution < 1.29 is 14.3 Å². The van der Waals surface area contributed by atoms with E-state index in [1.807, 2.05) is 38.1 Å². The van der Waals surface area contributed by atoms with Gasteiger partial charge in [0.25, 0.3) is 0 Å². The summed E-state index contributed by atoms with van der Waals surface area (Å²) in [6.07, 6.45) is 2.97. The maximum absolute atomic E-state index is 12.0. The van der Waals surface area contributed by atoms with E-state index in [0.717, 1.165) is 18.4 Å². The number of anilines is 1. The number of benzene rings is 2. The van der Waals surface area contributed by atoms with Gasteiger partial charge >= 0.3 is 5.97 Å². The van der Waals surface area contributed by atoms with E-state index in [9.17, 15) is 9.59 Å². The van der Waals surface area contributed by atoms with Gasteiger partial charge in [-0.15, -0.1) is 0 Å². The molecule has 25 heavy (non-hydrogen) atoms. The number of esters is 1. The normalized spacial score (nSPS) is 10.3. The molecule has 132 valence electrons. The minimum Gasteiger partial charge on any atom is -0.462 e. The molecule has 0 spiro atoms. The second kappa shape index (κ2) is 9.62. The molecule has 0 aliphatic heterocycles. The lowest BCUT2D eigenvalue weighted by Gasteiger charge is -2.07. The zero-order valence-corrected chi connectivity index (χ0v) is 14.9. The molecule has 0 fully saturated rings. The molecule has 0 aromatic heterocycles. The second-order valence-corrected chi connectivity index (χ2v) is 6.10. The molecule has 0 aliphatic rings. The van der Waals surface area contributed by atoms with Gasteiger partial charge in [-0.3, -0.25) is 4.79 Å². The Morgan fingerprint density at radius 1 is 1.00 bits per heavy atom. The summed E-state index contributed by atoms with van der Waals surface area (Å²) in [6, 6.07) is 15.0. The number of hydrogen-bond donors (Lipinski definition) is 1. The van der Waals surface area contributed by atoms with E-state index < -0.39 is 0 Å². The fraction of sp³-hybridized carbons (Fsp3) is 0.333. The van der Waals surface area contributed by atoms with Crippen molar-refractivity contribution in [3.8, 4) is 0 Å². The molecule has 1 N–H and O–H groups in total. The Labute approximate surface area is 149 Å². The zero-order valence-electron chi connectivity index (χ0n) is 14.9. The van der Waals surface area contributed by atoms with Crippen LogP contribution in [0.4, 0.5) is 5.69 Å². The minimum atomic E-state index is -0.328.